The van der Waals surface area contributed by atoms with Gasteiger partial charge in [-0.15, -0.1) is 0 Å². The lowest BCUT2D eigenvalue weighted by Gasteiger charge is -2.35. The monoisotopic (exact) mass is 361 g/mol. The number of hydrogen-bond donors (Lipinski definition) is 1. The lowest BCUT2D eigenvalue weighted by molar-refractivity contribution is 0.358. The minimum absolute atomic E-state index is 0.469. The summed E-state index contributed by atoms with van der Waals surface area (Å²) in [6.45, 7) is 6.94. The number of halogens is 1. The molecule has 1 nitrogen and oxygen atoms in total. The molecule has 0 spiro atoms. The molecule has 1 heterocycles. The summed E-state index contributed by atoms with van der Waals surface area (Å²) >= 11 is 4.48. The molecule has 1 atom stereocenters. The van der Waals surface area contributed by atoms with E-state index in [4.69, 9.17) is 0 Å². The maximum Gasteiger partial charge on any atom is 0.0382 e. The molecular formula is C14H20INS. The van der Waals surface area contributed by atoms with E-state index in [1.165, 1.54) is 32.7 Å². The highest BCUT2D eigenvalue weighted by molar-refractivity contribution is 14.1. The molecule has 1 N–H and O–H groups in total. The largest absolute Gasteiger partial charge is 0.381 e. The lowest BCUT2D eigenvalue weighted by Crippen LogP contribution is -2.35. The minimum Gasteiger partial charge on any atom is -0.381 e. The van der Waals surface area contributed by atoms with Gasteiger partial charge in [0.05, 0.1) is 0 Å². The van der Waals surface area contributed by atoms with Crippen molar-refractivity contribution in [1.29, 1.82) is 0 Å². The Kier molecular flexibility index (Phi) is 4.29. The van der Waals surface area contributed by atoms with Crippen LogP contribution in [-0.2, 0) is 0 Å². The molecule has 1 aliphatic heterocycles. The smallest absolute Gasteiger partial charge is 0.0382 e. The molecule has 1 fully saturated rings. The minimum atomic E-state index is 0.469. The van der Waals surface area contributed by atoms with Gasteiger partial charge in [0.25, 0.3) is 0 Å². The Hall–Kier alpha value is 0.1000. The predicted molar refractivity (Wildman–Crippen MR) is 87.0 cm³/mol. The highest BCUT2D eigenvalue weighted by Gasteiger charge is 2.28. The molecule has 1 saturated heterocycles. The Balaban J connectivity index is 2.08. The van der Waals surface area contributed by atoms with Crippen molar-refractivity contribution in [2.24, 2.45) is 5.41 Å². The van der Waals surface area contributed by atoms with E-state index in [0.717, 1.165) is 0 Å². The first-order valence-electron chi connectivity index (χ1n) is 6.07. The van der Waals surface area contributed by atoms with E-state index < -0.39 is 0 Å². The average Bonchev–Trinajstić information content (AvgIpc) is 2.23. The summed E-state index contributed by atoms with van der Waals surface area (Å²) in [6, 6.07) is 7.11. The van der Waals surface area contributed by atoms with Gasteiger partial charge in [-0.2, -0.15) is 11.8 Å². The van der Waals surface area contributed by atoms with Crippen molar-refractivity contribution >= 4 is 40.0 Å². The zero-order chi connectivity index (χ0) is 12.5. The number of thioether (sulfide) groups is 1. The van der Waals surface area contributed by atoms with E-state index in [1.54, 1.807) is 0 Å². The summed E-state index contributed by atoms with van der Waals surface area (Å²) in [5.41, 5.74) is 3.15. The van der Waals surface area contributed by atoms with E-state index >= 15 is 0 Å². The van der Waals surface area contributed by atoms with Crippen molar-refractivity contribution in [2.75, 3.05) is 16.8 Å². The Labute approximate surface area is 122 Å². The molecule has 3 heteroatoms. The highest BCUT2D eigenvalue weighted by Crippen LogP contribution is 2.35. The normalized spacial score (nSPS) is 23.4. The summed E-state index contributed by atoms with van der Waals surface area (Å²) in [7, 11) is 0. The first kappa shape index (κ1) is 13.5. The fourth-order valence-electron chi connectivity index (χ4n) is 2.34. The van der Waals surface area contributed by atoms with E-state index in [9.17, 15) is 0 Å². The van der Waals surface area contributed by atoms with E-state index in [0.29, 0.717) is 11.5 Å². The van der Waals surface area contributed by atoms with Gasteiger partial charge in [-0.3, -0.25) is 0 Å². The number of benzene rings is 1. The Morgan fingerprint density at radius 3 is 2.88 bits per heavy atom. The first-order chi connectivity index (χ1) is 7.98. The van der Waals surface area contributed by atoms with Crippen molar-refractivity contribution in [2.45, 2.75) is 33.2 Å². The van der Waals surface area contributed by atoms with Crippen LogP contribution in [0, 0.1) is 15.9 Å². The van der Waals surface area contributed by atoms with Crippen LogP contribution < -0.4 is 5.32 Å². The van der Waals surface area contributed by atoms with Crippen LogP contribution >= 0.6 is 34.4 Å². The quantitative estimate of drug-likeness (QED) is 0.776. The Bertz CT molecular complexity index is 403. The molecule has 1 aromatic rings. The molecular weight excluding hydrogens is 341 g/mol. The van der Waals surface area contributed by atoms with Crippen LogP contribution in [0.15, 0.2) is 18.2 Å². The number of hydrogen-bond acceptors (Lipinski definition) is 2. The molecule has 1 unspecified atom stereocenters. The molecule has 1 aromatic carbocycles. The molecule has 0 bridgehead atoms. The second-order valence-electron chi connectivity index (χ2n) is 5.64. The van der Waals surface area contributed by atoms with Crippen LogP contribution in [0.2, 0.25) is 0 Å². The Morgan fingerprint density at radius 2 is 2.18 bits per heavy atom. The summed E-state index contributed by atoms with van der Waals surface area (Å²) in [6.07, 6.45) is 1.27. The molecule has 1 aliphatic rings. The third kappa shape index (κ3) is 3.53. The molecule has 2 rings (SSSR count). The van der Waals surface area contributed by atoms with Crippen molar-refractivity contribution in [1.82, 2.24) is 0 Å². The summed E-state index contributed by atoms with van der Waals surface area (Å²) in [4.78, 5) is 0. The maximum absolute atomic E-state index is 3.72. The van der Waals surface area contributed by atoms with Gasteiger partial charge < -0.3 is 5.32 Å². The molecule has 94 valence electrons. The molecule has 0 radical (unpaired) electrons. The topological polar surface area (TPSA) is 12.0 Å². The maximum atomic E-state index is 3.72. The van der Waals surface area contributed by atoms with Crippen LogP contribution in [0.3, 0.4) is 0 Å². The first-order valence-corrected chi connectivity index (χ1v) is 8.31. The fraction of sp³-hybridized carbons (Fsp3) is 0.571. The highest BCUT2D eigenvalue weighted by atomic mass is 127. The standard InChI is InChI=1S/C14H20INS/c1-10-12(15)5-4-6-13(10)16-11-7-14(2,3)9-17-8-11/h4-6,11,16H,7-9H2,1-3H3. The van der Waals surface area contributed by atoms with Gasteiger partial charge in [0.15, 0.2) is 0 Å². The van der Waals surface area contributed by atoms with E-state index in [1.807, 2.05) is 0 Å². The van der Waals surface area contributed by atoms with Crippen LogP contribution in [0.4, 0.5) is 5.69 Å². The van der Waals surface area contributed by atoms with Crippen molar-refractivity contribution in [3.8, 4) is 0 Å². The Morgan fingerprint density at radius 1 is 1.41 bits per heavy atom. The van der Waals surface area contributed by atoms with E-state index in [2.05, 4.69) is 78.6 Å². The van der Waals surface area contributed by atoms with Gasteiger partial charge in [0.2, 0.25) is 0 Å². The molecule has 0 aromatic heterocycles. The van der Waals surface area contributed by atoms with Gasteiger partial charge in [-0.1, -0.05) is 19.9 Å². The summed E-state index contributed by atoms with van der Waals surface area (Å²) in [5, 5.41) is 3.72. The van der Waals surface area contributed by atoms with Gasteiger partial charge in [0, 0.05) is 21.1 Å². The fourth-order valence-corrected chi connectivity index (χ4v) is 4.11. The third-order valence-electron chi connectivity index (χ3n) is 3.24. The SMILES string of the molecule is Cc1c(I)cccc1NC1CSCC(C)(C)C1. The van der Waals surface area contributed by atoms with Crippen molar-refractivity contribution in [3.63, 3.8) is 0 Å². The molecule has 0 aliphatic carbocycles. The van der Waals surface area contributed by atoms with Crippen LogP contribution in [-0.4, -0.2) is 17.5 Å². The number of rotatable bonds is 2. The van der Waals surface area contributed by atoms with Crippen LogP contribution in [0.25, 0.3) is 0 Å². The van der Waals surface area contributed by atoms with Gasteiger partial charge >= 0.3 is 0 Å². The second kappa shape index (κ2) is 5.39. The number of anilines is 1. The van der Waals surface area contributed by atoms with E-state index in [-0.39, 0.29) is 0 Å². The second-order valence-corrected chi connectivity index (χ2v) is 7.83. The summed E-state index contributed by atoms with van der Waals surface area (Å²) in [5.74, 6) is 2.52. The van der Waals surface area contributed by atoms with Gasteiger partial charge in [0.1, 0.15) is 0 Å². The molecule has 17 heavy (non-hydrogen) atoms. The summed E-state index contributed by atoms with van der Waals surface area (Å²) < 4.78 is 1.34. The zero-order valence-electron chi connectivity index (χ0n) is 10.7. The predicted octanol–water partition coefficient (Wildman–Crippen LogP) is 4.54. The molecule has 0 amide bonds. The average molecular weight is 361 g/mol. The molecule has 0 saturated carbocycles. The van der Waals surface area contributed by atoms with Gasteiger partial charge in [-0.05, 0) is 64.8 Å². The van der Waals surface area contributed by atoms with Crippen LogP contribution in [0.1, 0.15) is 25.8 Å². The van der Waals surface area contributed by atoms with Gasteiger partial charge in [-0.25, -0.2) is 0 Å². The zero-order valence-corrected chi connectivity index (χ0v) is 13.7. The lowest BCUT2D eigenvalue weighted by atomic mass is 9.87. The van der Waals surface area contributed by atoms with Crippen molar-refractivity contribution in [3.05, 3.63) is 27.3 Å². The number of nitrogens with one attached hydrogen (secondary N) is 1. The van der Waals surface area contributed by atoms with Crippen LogP contribution in [0.5, 0.6) is 0 Å². The third-order valence-corrected chi connectivity index (χ3v) is 6.03. The van der Waals surface area contributed by atoms with Crippen molar-refractivity contribution < 1.29 is 0 Å².